The number of nitrogens with one attached hydrogen (secondary N) is 1. The van der Waals surface area contributed by atoms with Gasteiger partial charge in [0, 0.05) is 30.3 Å². The molecular formula is C24H23ClN2. The van der Waals surface area contributed by atoms with Gasteiger partial charge in [-0.05, 0) is 58.8 Å². The first kappa shape index (κ1) is 17.7. The summed E-state index contributed by atoms with van der Waals surface area (Å²) in [7, 11) is 0. The third-order valence-electron chi connectivity index (χ3n) is 4.89. The van der Waals surface area contributed by atoms with Crippen molar-refractivity contribution in [2.45, 2.75) is 6.42 Å². The van der Waals surface area contributed by atoms with E-state index < -0.39 is 0 Å². The van der Waals surface area contributed by atoms with Crippen molar-refractivity contribution < 1.29 is 0 Å². The van der Waals surface area contributed by atoms with Crippen LogP contribution in [0.4, 0.5) is 5.69 Å². The molecular weight excluding hydrogens is 352 g/mol. The fraction of sp³-hybridized carbons (Fsp3) is 0.167. The minimum Gasteiger partial charge on any atom is -0.385 e. The number of allylic oxidation sites excluding steroid dienone is 2. The smallest absolute Gasteiger partial charge is 0.0426 e. The van der Waals surface area contributed by atoms with Crippen molar-refractivity contribution in [3.63, 3.8) is 0 Å². The number of hydrogen-bond donors (Lipinski definition) is 1. The molecule has 0 fully saturated rings. The maximum Gasteiger partial charge on any atom is 0.0426 e. The van der Waals surface area contributed by atoms with Gasteiger partial charge in [-0.1, -0.05) is 66.2 Å². The summed E-state index contributed by atoms with van der Waals surface area (Å²) in [5.41, 5.74) is 3.70. The molecule has 0 saturated carbocycles. The minimum absolute atomic E-state index is 0.769. The lowest BCUT2D eigenvalue weighted by Gasteiger charge is -2.23. The van der Waals surface area contributed by atoms with Gasteiger partial charge in [0.2, 0.25) is 0 Å². The summed E-state index contributed by atoms with van der Waals surface area (Å²) < 4.78 is 0. The van der Waals surface area contributed by atoms with Crippen molar-refractivity contribution in [1.29, 1.82) is 0 Å². The maximum atomic E-state index is 6.02. The molecule has 3 heteroatoms. The zero-order valence-electron chi connectivity index (χ0n) is 15.2. The molecule has 0 unspecified atom stereocenters. The molecule has 1 N–H and O–H groups in total. The molecule has 0 atom stereocenters. The van der Waals surface area contributed by atoms with Gasteiger partial charge in [-0.2, -0.15) is 0 Å². The van der Waals surface area contributed by atoms with Crippen LogP contribution in [0, 0.1) is 0 Å². The van der Waals surface area contributed by atoms with Gasteiger partial charge < -0.3 is 10.2 Å². The van der Waals surface area contributed by atoms with E-state index in [-0.39, 0.29) is 0 Å². The molecule has 136 valence electrons. The number of nitrogens with zero attached hydrogens (tertiary/aromatic N) is 1. The highest BCUT2D eigenvalue weighted by Crippen LogP contribution is 2.27. The number of rotatable bonds is 6. The highest BCUT2D eigenvalue weighted by Gasteiger charge is 2.09. The molecule has 0 amide bonds. The Labute approximate surface area is 165 Å². The van der Waals surface area contributed by atoms with E-state index in [4.69, 9.17) is 11.6 Å². The maximum absolute atomic E-state index is 6.02. The molecule has 2 nitrogen and oxygen atoms in total. The molecule has 1 aliphatic rings. The summed E-state index contributed by atoms with van der Waals surface area (Å²) in [6.45, 7) is 2.92. The standard InChI is InChI=1S/C24H23ClN2/c25-21-8-4-9-22(18-21)26-14-5-15-27-16-12-20(13-17-27)24-11-3-7-19-6-1-2-10-23(19)24/h1-4,6-13,16,18,26H,5,14-15,17H2. The Kier molecular flexibility index (Phi) is 5.45. The van der Waals surface area contributed by atoms with Crippen LogP contribution in [0.2, 0.25) is 5.02 Å². The fourth-order valence-corrected chi connectivity index (χ4v) is 3.68. The van der Waals surface area contributed by atoms with Gasteiger partial charge in [-0.3, -0.25) is 0 Å². The Bertz CT molecular complexity index is 985. The largest absolute Gasteiger partial charge is 0.385 e. The molecule has 0 radical (unpaired) electrons. The highest BCUT2D eigenvalue weighted by atomic mass is 35.5. The molecule has 3 aromatic rings. The van der Waals surface area contributed by atoms with Crippen molar-refractivity contribution in [2.75, 3.05) is 25.0 Å². The first-order valence-electron chi connectivity index (χ1n) is 9.39. The molecule has 1 aliphatic heterocycles. The summed E-state index contributed by atoms with van der Waals surface area (Å²) in [4.78, 5) is 2.36. The second-order valence-electron chi connectivity index (χ2n) is 6.79. The van der Waals surface area contributed by atoms with Crippen molar-refractivity contribution in [3.8, 4) is 0 Å². The lowest BCUT2D eigenvalue weighted by atomic mass is 9.97. The lowest BCUT2D eigenvalue weighted by Crippen LogP contribution is -2.22. The van der Waals surface area contributed by atoms with Gasteiger partial charge in [-0.15, -0.1) is 0 Å². The normalized spacial score (nSPS) is 13.7. The van der Waals surface area contributed by atoms with Crippen molar-refractivity contribution in [3.05, 3.63) is 95.7 Å². The summed E-state index contributed by atoms with van der Waals surface area (Å²) >= 11 is 6.02. The van der Waals surface area contributed by atoms with Crippen LogP contribution < -0.4 is 5.32 Å². The molecule has 3 aromatic carbocycles. The summed E-state index contributed by atoms with van der Waals surface area (Å²) in [6, 6.07) is 23.0. The van der Waals surface area contributed by atoms with Gasteiger partial charge in [-0.25, -0.2) is 0 Å². The van der Waals surface area contributed by atoms with E-state index in [0.717, 1.165) is 36.8 Å². The second kappa shape index (κ2) is 8.32. The molecule has 27 heavy (non-hydrogen) atoms. The second-order valence-corrected chi connectivity index (χ2v) is 7.22. The number of fused-ring (bicyclic) bond motifs is 1. The number of benzene rings is 3. The van der Waals surface area contributed by atoms with E-state index in [1.165, 1.54) is 21.9 Å². The van der Waals surface area contributed by atoms with E-state index in [1.807, 2.05) is 24.3 Å². The predicted octanol–water partition coefficient (Wildman–Crippen LogP) is 6.21. The van der Waals surface area contributed by atoms with Crippen LogP contribution >= 0.6 is 11.6 Å². The molecule has 0 bridgehead atoms. The third-order valence-corrected chi connectivity index (χ3v) is 5.12. The van der Waals surface area contributed by atoms with Crippen LogP contribution in [-0.2, 0) is 0 Å². The number of halogens is 1. The average Bonchev–Trinajstić information content (AvgIpc) is 2.71. The summed E-state index contributed by atoms with van der Waals surface area (Å²) in [5.74, 6) is 0. The predicted molar refractivity (Wildman–Crippen MR) is 117 cm³/mol. The van der Waals surface area contributed by atoms with Crippen LogP contribution in [0.25, 0.3) is 16.3 Å². The average molecular weight is 375 g/mol. The molecule has 1 heterocycles. The lowest BCUT2D eigenvalue weighted by molar-refractivity contribution is 0.409. The number of anilines is 1. The SMILES string of the molecule is Clc1cccc(NCCCN2C=CC(c3cccc4ccccc34)=CC2)c1. The molecule has 0 saturated heterocycles. The first-order valence-corrected chi connectivity index (χ1v) is 9.77. The Morgan fingerprint density at radius 1 is 0.963 bits per heavy atom. The van der Waals surface area contributed by atoms with E-state index in [2.05, 4.69) is 71.0 Å². The van der Waals surface area contributed by atoms with Gasteiger partial charge in [0.1, 0.15) is 0 Å². The van der Waals surface area contributed by atoms with Crippen LogP contribution in [0.5, 0.6) is 0 Å². The molecule has 4 rings (SSSR count). The zero-order chi connectivity index (χ0) is 18.5. The molecule has 0 spiro atoms. The Hall–Kier alpha value is -2.71. The summed E-state index contributed by atoms with van der Waals surface area (Å²) in [5, 5.41) is 6.80. The van der Waals surface area contributed by atoms with Crippen LogP contribution in [0.15, 0.2) is 85.1 Å². The van der Waals surface area contributed by atoms with E-state index >= 15 is 0 Å². The van der Waals surface area contributed by atoms with Crippen LogP contribution in [0.3, 0.4) is 0 Å². The molecule has 0 aromatic heterocycles. The van der Waals surface area contributed by atoms with Crippen molar-refractivity contribution in [2.24, 2.45) is 0 Å². The van der Waals surface area contributed by atoms with Gasteiger partial charge in [0.15, 0.2) is 0 Å². The Morgan fingerprint density at radius 3 is 2.67 bits per heavy atom. The van der Waals surface area contributed by atoms with Crippen LogP contribution in [0.1, 0.15) is 12.0 Å². The quantitative estimate of drug-likeness (QED) is 0.516. The number of hydrogen-bond acceptors (Lipinski definition) is 2. The highest BCUT2D eigenvalue weighted by molar-refractivity contribution is 6.30. The van der Waals surface area contributed by atoms with Gasteiger partial charge >= 0.3 is 0 Å². The van der Waals surface area contributed by atoms with Crippen molar-refractivity contribution >= 4 is 33.6 Å². The zero-order valence-corrected chi connectivity index (χ0v) is 16.0. The summed E-state index contributed by atoms with van der Waals surface area (Å²) in [6.07, 6.45) is 7.85. The minimum atomic E-state index is 0.769. The fourth-order valence-electron chi connectivity index (χ4n) is 3.49. The monoisotopic (exact) mass is 374 g/mol. The Balaban J connectivity index is 1.32. The topological polar surface area (TPSA) is 15.3 Å². The van der Waals surface area contributed by atoms with Crippen molar-refractivity contribution in [1.82, 2.24) is 4.90 Å². The van der Waals surface area contributed by atoms with Gasteiger partial charge in [0.25, 0.3) is 0 Å². The van der Waals surface area contributed by atoms with E-state index in [0.29, 0.717) is 0 Å². The van der Waals surface area contributed by atoms with E-state index in [9.17, 15) is 0 Å². The van der Waals surface area contributed by atoms with E-state index in [1.54, 1.807) is 0 Å². The first-order chi connectivity index (χ1) is 13.3. The Morgan fingerprint density at radius 2 is 1.81 bits per heavy atom. The van der Waals surface area contributed by atoms with Crippen LogP contribution in [-0.4, -0.2) is 24.5 Å². The third kappa shape index (κ3) is 4.35. The van der Waals surface area contributed by atoms with Gasteiger partial charge in [0.05, 0.1) is 0 Å². The molecule has 0 aliphatic carbocycles.